The van der Waals surface area contributed by atoms with Gasteiger partial charge in [-0.3, -0.25) is 9.59 Å². The summed E-state index contributed by atoms with van der Waals surface area (Å²) in [6.45, 7) is 1.96. The Kier molecular flexibility index (Phi) is 12.1. The van der Waals surface area contributed by atoms with Crippen LogP contribution in [0, 0.1) is 0 Å². The van der Waals surface area contributed by atoms with Gasteiger partial charge in [-0.05, 0) is 54.4 Å². The fraction of sp³-hybridized carbons (Fsp3) is 0.207. The molecule has 4 rings (SSSR count). The predicted molar refractivity (Wildman–Crippen MR) is 176 cm³/mol. The summed E-state index contributed by atoms with van der Waals surface area (Å²) in [5, 5.41) is 28.8. The van der Waals surface area contributed by atoms with Crippen LogP contribution in [0.25, 0.3) is 10.4 Å². The lowest BCUT2D eigenvalue weighted by Crippen LogP contribution is -2.28. The number of aliphatic hydroxyl groups is 1. The van der Waals surface area contributed by atoms with Crippen LogP contribution in [-0.4, -0.2) is 62.5 Å². The summed E-state index contributed by atoms with van der Waals surface area (Å²) < 4.78 is 32.2. The van der Waals surface area contributed by atoms with Crippen LogP contribution in [-0.2, 0) is 21.3 Å². The number of aliphatic hydroxyl groups excluding tert-OH is 1. The number of nitrogens with zero attached hydrogens (tertiary/aromatic N) is 1. The molecule has 11 nitrogen and oxygen atoms in total. The van der Waals surface area contributed by atoms with E-state index in [1.165, 1.54) is 35.6 Å². The van der Waals surface area contributed by atoms with Gasteiger partial charge in [-0.15, -0.1) is 22.7 Å². The second-order valence-corrected chi connectivity index (χ2v) is 13.9. The maximum absolute atomic E-state index is 12.7. The number of sulfonamides is 1. The van der Waals surface area contributed by atoms with Crippen LogP contribution in [0.3, 0.4) is 0 Å². The van der Waals surface area contributed by atoms with Gasteiger partial charge in [-0.2, -0.15) is 5.10 Å². The van der Waals surface area contributed by atoms with Crippen molar-refractivity contribution in [3.05, 3.63) is 90.9 Å². The van der Waals surface area contributed by atoms with Gasteiger partial charge in [0.25, 0.3) is 11.8 Å². The first-order chi connectivity index (χ1) is 21.5. The molecule has 2 aromatic carbocycles. The second kappa shape index (κ2) is 15.8. The van der Waals surface area contributed by atoms with Crippen molar-refractivity contribution < 1.29 is 33.0 Å². The maximum Gasteiger partial charge on any atom is 0.281 e. The number of carbonyl (C=O) groups is 2. The third kappa shape index (κ3) is 9.11. The molecule has 0 radical (unpaired) electrons. The molecule has 0 aliphatic rings. The van der Waals surface area contributed by atoms with Crippen molar-refractivity contribution in [2.24, 2.45) is 5.10 Å². The number of benzene rings is 2. The number of carbonyl (C=O) groups excluding carboxylic acids is 2. The molecule has 0 unspecified atom stereocenters. The highest BCUT2D eigenvalue weighted by molar-refractivity contribution is 7.89. The quantitative estimate of drug-likeness (QED) is 0.0708. The van der Waals surface area contributed by atoms with Crippen LogP contribution >= 0.6 is 45.9 Å². The van der Waals surface area contributed by atoms with Crippen molar-refractivity contribution in [2.75, 3.05) is 26.4 Å². The summed E-state index contributed by atoms with van der Waals surface area (Å²) in [4.78, 5) is 26.6. The number of hydrazone groups is 1. The van der Waals surface area contributed by atoms with Gasteiger partial charge in [0.1, 0.15) is 5.75 Å². The van der Waals surface area contributed by atoms with E-state index in [0.29, 0.717) is 42.2 Å². The number of hydrogen-bond donors (Lipinski definition) is 5. The monoisotopic (exact) mass is 710 g/mol. The van der Waals surface area contributed by atoms with Crippen molar-refractivity contribution in [1.29, 1.82) is 0 Å². The van der Waals surface area contributed by atoms with Crippen LogP contribution < -0.4 is 15.5 Å². The molecule has 2 aromatic heterocycles. The molecule has 0 aliphatic heterocycles. The van der Waals surface area contributed by atoms with Gasteiger partial charge in [0.15, 0.2) is 0 Å². The van der Waals surface area contributed by atoms with Gasteiger partial charge < -0.3 is 20.3 Å². The number of ether oxygens (including phenoxy) is 1. The SMILES string of the molecule is C/C(=N\NC(=O)c1ccc(C(=O)NCc2ccc(S(=O)(=O)NCCOCCO)cc2)s1)c1csc(-c2ccc(Cl)c(Cl)c2)c1O. The number of amides is 2. The zero-order chi connectivity index (χ0) is 32.6. The van der Waals surface area contributed by atoms with Crippen LogP contribution in [0.5, 0.6) is 5.75 Å². The highest BCUT2D eigenvalue weighted by atomic mass is 35.5. The second-order valence-electron chi connectivity index (χ2n) is 9.32. The Morgan fingerprint density at radius 3 is 2.38 bits per heavy atom. The molecular formula is C29H28Cl2N4O7S3. The van der Waals surface area contributed by atoms with Crippen LogP contribution in [0.4, 0.5) is 0 Å². The van der Waals surface area contributed by atoms with Crippen molar-refractivity contribution in [3.8, 4) is 16.2 Å². The van der Waals surface area contributed by atoms with Gasteiger partial charge in [0.05, 0.1) is 60.7 Å². The van der Waals surface area contributed by atoms with Gasteiger partial charge in [0, 0.05) is 18.5 Å². The maximum atomic E-state index is 12.7. The normalized spacial score (nSPS) is 11.9. The van der Waals surface area contributed by atoms with Gasteiger partial charge in [0.2, 0.25) is 10.0 Å². The molecule has 4 aromatic rings. The van der Waals surface area contributed by atoms with Crippen LogP contribution in [0.15, 0.2) is 70.0 Å². The van der Waals surface area contributed by atoms with E-state index in [4.69, 9.17) is 33.0 Å². The zero-order valence-corrected chi connectivity index (χ0v) is 27.6. The van der Waals surface area contributed by atoms with E-state index in [2.05, 4.69) is 20.6 Å². The first kappa shape index (κ1) is 34.5. The Bertz CT molecular complexity index is 1810. The molecule has 5 N–H and O–H groups in total. The molecule has 16 heteroatoms. The summed E-state index contributed by atoms with van der Waals surface area (Å²) >= 11 is 14.4. The lowest BCUT2D eigenvalue weighted by atomic mass is 10.1. The van der Waals surface area contributed by atoms with E-state index < -0.39 is 21.8 Å². The van der Waals surface area contributed by atoms with Crippen molar-refractivity contribution in [3.63, 3.8) is 0 Å². The Hall–Kier alpha value is -3.34. The van der Waals surface area contributed by atoms with Crippen LogP contribution in [0.2, 0.25) is 10.0 Å². The first-order valence-electron chi connectivity index (χ1n) is 13.3. The predicted octanol–water partition coefficient (Wildman–Crippen LogP) is 4.86. The first-order valence-corrected chi connectivity index (χ1v) is 17.2. The summed E-state index contributed by atoms with van der Waals surface area (Å²) in [6.07, 6.45) is 0. The number of halogens is 2. The smallest absolute Gasteiger partial charge is 0.281 e. The summed E-state index contributed by atoms with van der Waals surface area (Å²) in [6, 6.07) is 14.1. The standard InChI is InChI=1S/C29H28Cl2N4O7S3/c1-17(21-16-43-27(26(21)37)19-4-7-22(30)23(31)14-19)34-35-29(39)25-9-8-24(44-25)28(38)32-15-18-2-5-20(6-3-18)45(40,41)33-10-12-42-13-11-36/h2-9,14,16,33,36-37H,10-13,15H2,1H3,(H,32,38)(H,35,39)/b34-17+. The molecule has 0 saturated heterocycles. The zero-order valence-electron chi connectivity index (χ0n) is 23.7. The number of hydrogen-bond acceptors (Lipinski definition) is 10. The van der Waals surface area contributed by atoms with Crippen molar-refractivity contribution >= 4 is 73.4 Å². The van der Waals surface area contributed by atoms with E-state index in [-0.39, 0.29) is 48.4 Å². The minimum Gasteiger partial charge on any atom is -0.506 e. The molecule has 0 saturated carbocycles. The Balaban J connectivity index is 1.30. The van der Waals surface area contributed by atoms with Crippen LogP contribution in [0.1, 0.15) is 37.4 Å². The van der Waals surface area contributed by atoms with E-state index in [9.17, 15) is 23.1 Å². The molecule has 0 spiro atoms. The fourth-order valence-electron chi connectivity index (χ4n) is 3.84. The third-order valence-corrected chi connectivity index (χ3v) is 10.5. The number of rotatable bonds is 14. The van der Waals surface area contributed by atoms with Gasteiger partial charge in [-0.25, -0.2) is 18.6 Å². The minimum atomic E-state index is -3.73. The molecule has 0 atom stereocenters. The highest BCUT2D eigenvalue weighted by Crippen LogP contribution is 2.40. The molecule has 45 heavy (non-hydrogen) atoms. The molecule has 2 heterocycles. The Labute approximate surface area is 277 Å². The number of thiophene rings is 2. The van der Waals surface area contributed by atoms with Crippen molar-refractivity contribution in [1.82, 2.24) is 15.5 Å². The van der Waals surface area contributed by atoms with Crippen molar-refractivity contribution in [2.45, 2.75) is 18.4 Å². The fourth-order valence-corrected chi connectivity index (χ4v) is 6.96. The lowest BCUT2D eigenvalue weighted by molar-refractivity contribution is 0.0950. The van der Waals surface area contributed by atoms with E-state index in [0.717, 1.165) is 11.3 Å². The minimum absolute atomic E-state index is 0.00249. The molecule has 0 fully saturated rings. The number of aromatic hydroxyl groups is 1. The highest BCUT2D eigenvalue weighted by Gasteiger charge is 2.18. The number of nitrogens with one attached hydrogen (secondary N) is 3. The van der Waals surface area contributed by atoms with E-state index in [1.807, 2.05) is 0 Å². The summed E-state index contributed by atoms with van der Waals surface area (Å²) in [5.41, 5.74) is 4.63. The molecular weight excluding hydrogens is 683 g/mol. The molecule has 0 bridgehead atoms. The molecule has 2 amide bonds. The van der Waals surface area contributed by atoms with Gasteiger partial charge >= 0.3 is 0 Å². The summed E-state index contributed by atoms with van der Waals surface area (Å²) in [7, 11) is -3.73. The largest absolute Gasteiger partial charge is 0.506 e. The Morgan fingerprint density at radius 2 is 1.69 bits per heavy atom. The van der Waals surface area contributed by atoms with Gasteiger partial charge in [-0.1, -0.05) is 41.4 Å². The Morgan fingerprint density at radius 1 is 0.978 bits per heavy atom. The molecule has 0 aliphatic carbocycles. The molecule has 238 valence electrons. The average molecular weight is 712 g/mol. The van der Waals surface area contributed by atoms with E-state index in [1.54, 1.807) is 42.6 Å². The lowest BCUT2D eigenvalue weighted by Gasteiger charge is -2.08. The van der Waals surface area contributed by atoms with E-state index >= 15 is 0 Å². The third-order valence-electron chi connectivity index (χ3n) is 6.18. The average Bonchev–Trinajstić information content (AvgIpc) is 3.67. The summed E-state index contributed by atoms with van der Waals surface area (Å²) in [5.74, 6) is -0.932. The topological polar surface area (TPSA) is 166 Å².